The van der Waals surface area contributed by atoms with Crippen LogP contribution in [-0.2, 0) is 9.59 Å². The zero-order chi connectivity index (χ0) is 16.0. The number of fused-ring (bicyclic) bond motifs is 1. The van der Waals surface area contributed by atoms with Gasteiger partial charge in [0.15, 0.2) is 5.78 Å². The fourth-order valence-corrected chi connectivity index (χ4v) is 4.00. The summed E-state index contributed by atoms with van der Waals surface area (Å²) in [6.07, 6.45) is 3.49. The molecular formula is C16H21N2O2P. The average molecular weight is 304 g/mol. The SMILES string of the molecule is CC(C)CN1CC=C2C(C)(C)C(=O)C(C#N)=C[C@@]2(P)C1=O. The topological polar surface area (TPSA) is 61.2 Å². The van der Waals surface area contributed by atoms with E-state index in [-0.39, 0.29) is 17.3 Å². The first-order valence-corrected chi connectivity index (χ1v) is 7.69. The first-order chi connectivity index (χ1) is 9.64. The number of nitriles is 1. The van der Waals surface area contributed by atoms with Crippen molar-refractivity contribution in [1.29, 1.82) is 5.26 Å². The number of ketones is 1. The molecule has 1 amide bonds. The molecule has 0 bridgehead atoms. The van der Waals surface area contributed by atoms with Gasteiger partial charge < -0.3 is 4.90 Å². The van der Waals surface area contributed by atoms with Crippen LogP contribution < -0.4 is 0 Å². The Balaban J connectivity index is 2.57. The normalized spacial score (nSPS) is 28.0. The highest BCUT2D eigenvalue weighted by Crippen LogP contribution is 2.49. The highest BCUT2D eigenvalue weighted by Gasteiger charge is 2.53. The van der Waals surface area contributed by atoms with Gasteiger partial charge in [-0.25, -0.2) is 0 Å². The van der Waals surface area contributed by atoms with Gasteiger partial charge in [0.25, 0.3) is 0 Å². The van der Waals surface area contributed by atoms with Gasteiger partial charge in [-0.3, -0.25) is 9.59 Å². The molecule has 0 aromatic carbocycles. The van der Waals surface area contributed by atoms with Gasteiger partial charge in [-0.2, -0.15) is 5.26 Å². The van der Waals surface area contributed by atoms with Crippen molar-refractivity contribution in [2.45, 2.75) is 32.9 Å². The molecule has 0 spiro atoms. The molecule has 0 aromatic heterocycles. The largest absolute Gasteiger partial charge is 0.337 e. The lowest BCUT2D eigenvalue weighted by atomic mass is 9.66. The number of Topliss-reactive ketones (excluding diaryl/α,β-unsaturated/α-hetero) is 1. The summed E-state index contributed by atoms with van der Waals surface area (Å²) in [7, 11) is 2.57. The van der Waals surface area contributed by atoms with Crippen molar-refractivity contribution >= 4 is 20.9 Å². The Hall–Kier alpha value is -1.46. The van der Waals surface area contributed by atoms with Gasteiger partial charge >= 0.3 is 0 Å². The molecule has 21 heavy (non-hydrogen) atoms. The second-order valence-electron chi connectivity index (χ2n) is 6.71. The summed E-state index contributed by atoms with van der Waals surface area (Å²) in [5, 5.41) is 8.24. The second-order valence-corrected chi connectivity index (χ2v) is 7.63. The van der Waals surface area contributed by atoms with Gasteiger partial charge in [0, 0.05) is 13.1 Å². The molecule has 1 unspecified atom stereocenters. The van der Waals surface area contributed by atoms with E-state index < -0.39 is 10.6 Å². The van der Waals surface area contributed by atoms with E-state index in [2.05, 4.69) is 23.1 Å². The highest BCUT2D eigenvalue weighted by atomic mass is 31.0. The van der Waals surface area contributed by atoms with E-state index in [0.29, 0.717) is 19.0 Å². The van der Waals surface area contributed by atoms with Crippen molar-refractivity contribution in [3.63, 3.8) is 0 Å². The molecule has 0 fully saturated rings. The number of carbonyl (C=O) groups excluding carboxylic acids is 2. The molecule has 1 aliphatic heterocycles. The molecule has 0 radical (unpaired) electrons. The fraction of sp³-hybridized carbons (Fsp3) is 0.562. The van der Waals surface area contributed by atoms with E-state index in [4.69, 9.17) is 0 Å². The van der Waals surface area contributed by atoms with Crippen molar-refractivity contribution in [3.8, 4) is 6.07 Å². The predicted molar refractivity (Wildman–Crippen MR) is 84.4 cm³/mol. The Morgan fingerprint density at radius 2 is 2.05 bits per heavy atom. The lowest BCUT2D eigenvalue weighted by Gasteiger charge is -2.46. The summed E-state index contributed by atoms with van der Waals surface area (Å²) in [6.45, 7) is 8.89. The molecule has 4 nitrogen and oxygen atoms in total. The standard InChI is InChI=1S/C16H21N2O2P/c1-10(2)9-18-6-5-12-15(3,4)13(19)11(8-17)7-16(12,21)14(18)20/h5,7,10H,6,9,21H2,1-4H3/t16-/m0/s1. The monoisotopic (exact) mass is 304 g/mol. The Morgan fingerprint density at radius 1 is 1.43 bits per heavy atom. The van der Waals surface area contributed by atoms with Gasteiger partial charge in [0.05, 0.1) is 11.0 Å². The van der Waals surface area contributed by atoms with Crippen LogP contribution in [0.5, 0.6) is 0 Å². The molecule has 0 N–H and O–H groups in total. The number of hydrogen-bond acceptors (Lipinski definition) is 3. The van der Waals surface area contributed by atoms with Gasteiger partial charge in [-0.05, 0) is 31.4 Å². The third kappa shape index (κ3) is 2.34. The summed E-state index contributed by atoms with van der Waals surface area (Å²) in [5.74, 6) is 0.113. The molecule has 0 saturated heterocycles. The number of amides is 1. The lowest BCUT2D eigenvalue weighted by Crippen LogP contribution is -2.55. The minimum absolute atomic E-state index is 0.0491. The van der Waals surface area contributed by atoms with Crippen LogP contribution in [0, 0.1) is 22.7 Å². The number of rotatable bonds is 2. The molecule has 2 atom stereocenters. The minimum Gasteiger partial charge on any atom is -0.337 e. The minimum atomic E-state index is -0.963. The summed E-state index contributed by atoms with van der Waals surface area (Å²) >= 11 is 0. The molecule has 0 saturated carbocycles. The van der Waals surface area contributed by atoms with Crippen LogP contribution in [-0.4, -0.2) is 34.8 Å². The maximum absolute atomic E-state index is 12.9. The lowest BCUT2D eigenvalue weighted by molar-refractivity contribution is -0.133. The average Bonchev–Trinajstić information content (AvgIpc) is 2.39. The number of nitrogens with zero attached hydrogens (tertiary/aromatic N) is 2. The maximum atomic E-state index is 12.9. The van der Waals surface area contributed by atoms with Gasteiger partial charge in [-0.1, -0.05) is 19.9 Å². The van der Waals surface area contributed by atoms with E-state index in [1.165, 1.54) is 6.08 Å². The Kier molecular flexibility index (Phi) is 3.84. The Labute approximate surface area is 128 Å². The number of carbonyl (C=O) groups is 2. The highest BCUT2D eigenvalue weighted by molar-refractivity contribution is 7.22. The van der Waals surface area contributed by atoms with Crippen molar-refractivity contribution in [2.24, 2.45) is 11.3 Å². The fourth-order valence-electron chi connectivity index (χ4n) is 3.18. The van der Waals surface area contributed by atoms with Gasteiger partial charge in [0.2, 0.25) is 5.91 Å². The van der Waals surface area contributed by atoms with Crippen LogP contribution >= 0.6 is 9.24 Å². The zero-order valence-electron chi connectivity index (χ0n) is 12.9. The van der Waals surface area contributed by atoms with Gasteiger partial charge in [0.1, 0.15) is 11.2 Å². The molecular weight excluding hydrogens is 283 g/mol. The maximum Gasteiger partial charge on any atom is 0.240 e. The number of allylic oxidation sites excluding steroid dienone is 1. The third-order valence-electron chi connectivity index (χ3n) is 4.17. The van der Waals surface area contributed by atoms with E-state index in [1.807, 2.05) is 12.1 Å². The Morgan fingerprint density at radius 3 is 2.57 bits per heavy atom. The summed E-state index contributed by atoms with van der Waals surface area (Å²) in [6, 6.07) is 1.94. The third-order valence-corrected chi connectivity index (χ3v) is 4.89. The predicted octanol–water partition coefficient (Wildman–Crippen LogP) is 2.08. The quantitative estimate of drug-likeness (QED) is 0.579. The summed E-state index contributed by atoms with van der Waals surface area (Å²) < 4.78 is 0. The van der Waals surface area contributed by atoms with Crippen LogP contribution in [0.3, 0.4) is 0 Å². The van der Waals surface area contributed by atoms with Crippen molar-refractivity contribution in [3.05, 3.63) is 23.3 Å². The van der Waals surface area contributed by atoms with E-state index in [9.17, 15) is 14.9 Å². The van der Waals surface area contributed by atoms with Crippen molar-refractivity contribution < 1.29 is 9.59 Å². The first kappa shape index (κ1) is 15.9. The second kappa shape index (κ2) is 5.07. The molecule has 2 rings (SSSR count). The Bertz CT molecular complexity index is 610. The van der Waals surface area contributed by atoms with Crippen molar-refractivity contribution in [2.75, 3.05) is 13.1 Å². The summed E-state index contributed by atoms with van der Waals surface area (Å²) in [5.41, 5.74) is 0.0436. The first-order valence-electron chi connectivity index (χ1n) is 7.11. The molecule has 1 aliphatic carbocycles. The molecule has 0 aromatic rings. The molecule has 1 heterocycles. The summed E-state index contributed by atoms with van der Waals surface area (Å²) in [4.78, 5) is 27.0. The molecule has 2 aliphatic rings. The van der Waals surface area contributed by atoms with Gasteiger partial charge in [-0.15, -0.1) is 9.24 Å². The van der Waals surface area contributed by atoms with Crippen molar-refractivity contribution in [1.82, 2.24) is 4.90 Å². The molecule has 5 heteroatoms. The zero-order valence-corrected chi connectivity index (χ0v) is 14.1. The van der Waals surface area contributed by atoms with Crippen LogP contribution in [0.25, 0.3) is 0 Å². The van der Waals surface area contributed by atoms with E-state index >= 15 is 0 Å². The van der Waals surface area contributed by atoms with Crippen LogP contribution in [0.15, 0.2) is 23.3 Å². The van der Waals surface area contributed by atoms with E-state index in [1.54, 1.807) is 18.7 Å². The van der Waals surface area contributed by atoms with Crippen LogP contribution in [0.4, 0.5) is 0 Å². The smallest absolute Gasteiger partial charge is 0.240 e. The molecule has 112 valence electrons. The van der Waals surface area contributed by atoms with E-state index in [0.717, 1.165) is 5.57 Å². The van der Waals surface area contributed by atoms with Crippen LogP contribution in [0.1, 0.15) is 27.7 Å². The van der Waals surface area contributed by atoms with Crippen LogP contribution in [0.2, 0.25) is 0 Å². The number of hydrogen-bond donors (Lipinski definition) is 0.